The summed E-state index contributed by atoms with van der Waals surface area (Å²) in [6.45, 7) is 0.492. The third-order valence-electron chi connectivity index (χ3n) is 2.78. The molecule has 0 saturated heterocycles. The Morgan fingerprint density at radius 3 is 3.17 bits per heavy atom. The fourth-order valence-electron chi connectivity index (χ4n) is 1.94. The summed E-state index contributed by atoms with van der Waals surface area (Å²) in [5.74, 6) is 0.562. The molecule has 0 bridgehead atoms. The van der Waals surface area contributed by atoms with Crippen LogP contribution in [0.1, 0.15) is 5.69 Å². The molecule has 3 heterocycles. The van der Waals surface area contributed by atoms with Crippen LogP contribution >= 0.6 is 0 Å². The minimum absolute atomic E-state index is 0.0471. The number of anilines is 1. The first-order valence-corrected chi connectivity index (χ1v) is 5.58. The van der Waals surface area contributed by atoms with Gasteiger partial charge in [-0.25, -0.2) is 4.98 Å². The van der Waals surface area contributed by atoms with E-state index in [1.54, 1.807) is 29.7 Å². The van der Waals surface area contributed by atoms with Crippen molar-refractivity contribution < 1.29 is 9.53 Å². The minimum Gasteiger partial charge on any atom is -0.480 e. The molecule has 1 aliphatic rings. The molecule has 0 aromatic carbocycles. The van der Waals surface area contributed by atoms with E-state index in [0.29, 0.717) is 12.3 Å². The van der Waals surface area contributed by atoms with Gasteiger partial charge in [-0.1, -0.05) is 0 Å². The molecule has 6 nitrogen and oxygen atoms in total. The van der Waals surface area contributed by atoms with E-state index in [9.17, 15) is 4.79 Å². The maximum absolute atomic E-state index is 11.9. The van der Waals surface area contributed by atoms with Crippen molar-refractivity contribution in [1.82, 2.24) is 14.5 Å². The molecule has 0 fully saturated rings. The molecule has 92 valence electrons. The van der Waals surface area contributed by atoms with Crippen molar-refractivity contribution in [2.45, 2.75) is 6.54 Å². The minimum atomic E-state index is -0.0700. The van der Waals surface area contributed by atoms with Crippen LogP contribution in [0, 0.1) is 0 Å². The molecule has 1 amide bonds. The van der Waals surface area contributed by atoms with E-state index in [4.69, 9.17) is 4.74 Å². The van der Waals surface area contributed by atoms with Gasteiger partial charge in [-0.3, -0.25) is 14.7 Å². The summed E-state index contributed by atoms with van der Waals surface area (Å²) in [7, 11) is 1.90. The number of ether oxygens (including phenoxy) is 1. The van der Waals surface area contributed by atoms with Crippen LogP contribution in [-0.4, -0.2) is 27.0 Å². The maximum Gasteiger partial charge on any atom is 0.265 e. The van der Waals surface area contributed by atoms with Crippen molar-refractivity contribution in [3.05, 3.63) is 36.7 Å². The standard InChI is InChI=1S/C12H12N4O2/c1-15-5-9(14-8-15)6-16-10-2-3-13-4-11(10)18-7-12(16)17/h2-5,8H,6-7H2,1H3. The van der Waals surface area contributed by atoms with Gasteiger partial charge in [0, 0.05) is 19.4 Å². The van der Waals surface area contributed by atoms with Gasteiger partial charge in [-0.05, 0) is 6.07 Å². The molecule has 0 radical (unpaired) electrons. The molecule has 3 rings (SSSR count). The summed E-state index contributed by atoms with van der Waals surface area (Å²) in [4.78, 5) is 21.8. The highest BCUT2D eigenvalue weighted by Gasteiger charge is 2.25. The molecular formula is C12H12N4O2. The van der Waals surface area contributed by atoms with Gasteiger partial charge in [0.25, 0.3) is 5.91 Å². The Kier molecular flexibility index (Phi) is 2.47. The Labute approximate surface area is 104 Å². The normalized spacial score (nSPS) is 14.3. The van der Waals surface area contributed by atoms with Crippen molar-refractivity contribution >= 4 is 11.6 Å². The monoisotopic (exact) mass is 244 g/mol. The van der Waals surface area contributed by atoms with E-state index in [1.165, 1.54) is 0 Å². The zero-order valence-corrected chi connectivity index (χ0v) is 9.91. The number of hydrogen-bond acceptors (Lipinski definition) is 4. The van der Waals surface area contributed by atoms with Gasteiger partial charge in [0.05, 0.1) is 30.5 Å². The van der Waals surface area contributed by atoms with Gasteiger partial charge in [0.1, 0.15) is 0 Å². The van der Waals surface area contributed by atoms with Gasteiger partial charge < -0.3 is 9.30 Å². The molecule has 1 aliphatic heterocycles. The highest BCUT2D eigenvalue weighted by molar-refractivity contribution is 5.97. The Bertz CT molecular complexity index is 593. The number of fused-ring (bicyclic) bond motifs is 1. The first-order valence-electron chi connectivity index (χ1n) is 5.58. The van der Waals surface area contributed by atoms with Crippen LogP contribution in [0.25, 0.3) is 0 Å². The fraction of sp³-hybridized carbons (Fsp3) is 0.250. The molecule has 0 atom stereocenters. The third-order valence-corrected chi connectivity index (χ3v) is 2.78. The number of amides is 1. The highest BCUT2D eigenvalue weighted by atomic mass is 16.5. The summed E-state index contributed by atoms with van der Waals surface area (Å²) in [6, 6.07) is 1.77. The summed E-state index contributed by atoms with van der Waals surface area (Å²) < 4.78 is 7.18. The average Bonchev–Trinajstić information content (AvgIpc) is 2.79. The molecule has 0 unspecified atom stereocenters. The molecule has 0 spiro atoms. The molecule has 0 aliphatic carbocycles. The number of hydrogen-bond donors (Lipinski definition) is 0. The second-order valence-electron chi connectivity index (χ2n) is 4.14. The number of pyridine rings is 1. The molecule has 2 aromatic rings. The number of carbonyl (C=O) groups excluding carboxylic acids is 1. The lowest BCUT2D eigenvalue weighted by atomic mass is 10.2. The number of rotatable bonds is 2. The van der Waals surface area contributed by atoms with Crippen molar-refractivity contribution in [2.24, 2.45) is 7.05 Å². The Morgan fingerprint density at radius 1 is 1.50 bits per heavy atom. The van der Waals surface area contributed by atoms with E-state index in [2.05, 4.69) is 9.97 Å². The SMILES string of the molecule is Cn1cnc(CN2C(=O)COc3cnccc32)c1. The molecule has 0 saturated carbocycles. The summed E-state index contributed by atoms with van der Waals surface area (Å²) in [6.07, 6.45) is 6.87. The smallest absolute Gasteiger partial charge is 0.265 e. The number of imidazole rings is 1. The molecule has 18 heavy (non-hydrogen) atoms. The molecular weight excluding hydrogens is 232 g/mol. The van der Waals surface area contributed by atoms with Crippen LogP contribution in [0.4, 0.5) is 5.69 Å². The molecule has 2 aromatic heterocycles. The van der Waals surface area contributed by atoms with Crippen molar-refractivity contribution in [1.29, 1.82) is 0 Å². The fourth-order valence-corrected chi connectivity index (χ4v) is 1.94. The van der Waals surface area contributed by atoms with Crippen LogP contribution in [0.2, 0.25) is 0 Å². The van der Waals surface area contributed by atoms with E-state index < -0.39 is 0 Å². The first kappa shape index (κ1) is 10.8. The van der Waals surface area contributed by atoms with E-state index >= 15 is 0 Å². The quantitative estimate of drug-likeness (QED) is 0.781. The zero-order valence-electron chi connectivity index (χ0n) is 9.91. The van der Waals surface area contributed by atoms with Gasteiger partial charge in [0.15, 0.2) is 12.4 Å². The second-order valence-corrected chi connectivity index (χ2v) is 4.14. The van der Waals surface area contributed by atoms with E-state index in [-0.39, 0.29) is 12.5 Å². The summed E-state index contributed by atoms with van der Waals surface area (Å²) >= 11 is 0. The van der Waals surface area contributed by atoms with Crippen molar-refractivity contribution in [3.8, 4) is 5.75 Å². The number of carbonyl (C=O) groups is 1. The predicted molar refractivity (Wildman–Crippen MR) is 64.1 cm³/mol. The van der Waals surface area contributed by atoms with Gasteiger partial charge >= 0.3 is 0 Å². The van der Waals surface area contributed by atoms with E-state index in [0.717, 1.165) is 11.4 Å². The predicted octanol–water partition coefficient (Wildman–Crippen LogP) is 0.741. The van der Waals surface area contributed by atoms with Crippen LogP contribution < -0.4 is 9.64 Å². The Hall–Kier alpha value is -2.37. The summed E-state index contributed by atoms with van der Waals surface area (Å²) in [5.41, 5.74) is 1.59. The van der Waals surface area contributed by atoms with Crippen LogP contribution in [0.5, 0.6) is 5.75 Å². The molecule has 6 heteroatoms. The lowest BCUT2D eigenvalue weighted by Crippen LogP contribution is -2.38. The van der Waals surface area contributed by atoms with Crippen LogP contribution in [0.3, 0.4) is 0 Å². The van der Waals surface area contributed by atoms with Crippen molar-refractivity contribution in [3.63, 3.8) is 0 Å². The highest BCUT2D eigenvalue weighted by Crippen LogP contribution is 2.31. The second kappa shape index (κ2) is 4.14. The number of nitrogens with zero attached hydrogens (tertiary/aromatic N) is 4. The summed E-state index contributed by atoms with van der Waals surface area (Å²) in [5, 5.41) is 0. The van der Waals surface area contributed by atoms with Gasteiger partial charge in [-0.15, -0.1) is 0 Å². The first-order chi connectivity index (χ1) is 8.74. The number of aromatic nitrogens is 3. The average molecular weight is 244 g/mol. The lowest BCUT2D eigenvalue weighted by molar-refractivity contribution is -0.121. The maximum atomic E-state index is 11.9. The van der Waals surface area contributed by atoms with Crippen LogP contribution in [0.15, 0.2) is 31.0 Å². The molecule has 0 N–H and O–H groups in total. The Morgan fingerprint density at radius 2 is 2.39 bits per heavy atom. The lowest BCUT2D eigenvalue weighted by Gasteiger charge is -2.28. The zero-order chi connectivity index (χ0) is 12.5. The van der Waals surface area contributed by atoms with Crippen LogP contribution in [-0.2, 0) is 18.4 Å². The van der Waals surface area contributed by atoms with E-state index in [1.807, 2.05) is 17.8 Å². The van der Waals surface area contributed by atoms with Gasteiger partial charge in [0.2, 0.25) is 0 Å². The van der Waals surface area contributed by atoms with Crippen molar-refractivity contribution in [2.75, 3.05) is 11.5 Å². The number of aryl methyl sites for hydroxylation is 1. The van der Waals surface area contributed by atoms with Gasteiger partial charge in [-0.2, -0.15) is 0 Å². The topological polar surface area (TPSA) is 60.2 Å². The Balaban J connectivity index is 1.93. The largest absolute Gasteiger partial charge is 0.480 e. The third kappa shape index (κ3) is 1.81.